The van der Waals surface area contributed by atoms with Gasteiger partial charge < -0.3 is 4.98 Å². The number of allylic oxidation sites excluding steroid dienone is 1. The number of hydrogen-bond acceptors (Lipinski definition) is 1. The van der Waals surface area contributed by atoms with Crippen molar-refractivity contribution in [1.29, 1.82) is 0 Å². The first-order valence-corrected chi connectivity index (χ1v) is 11.7. The van der Waals surface area contributed by atoms with Crippen LogP contribution in [0.25, 0.3) is 38.2 Å². The van der Waals surface area contributed by atoms with E-state index in [1.807, 2.05) is 0 Å². The molecule has 29 heavy (non-hydrogen) atoms. The van der Waals surface area contributed by atoms with Crippen LogP contribution in [0, 0.1) is 7.14 Å². The minimum absolute atomic E-state index is 0.981. The molecule has 0 spiro atoms. The average molecular weight is 598 g/mol. The van der Waals surface area contributed by atoms with Crippen molar-refractivity contribution in [1.82, 2.24) is 9.97 Å². The molecule has 0 unspecified atom stereocenters. The molecule has 1 aromatic heterocycles. The van der Waals surface area contributed by atoms with Gasteiger partial charge in [0, 0.05) is 23.5 Å². The second-order valence-corrected chi connectivity index (χ2v) is 10.2. The Hall–Kier alpha value is -1.93. The Labute approximate surface area is 195 Å². The van der Waals surface area contributed by atoms with Crippen molar-refractivity contribution in [3.8, 4) is 0 Å². The number of benzene rings is 4. The van der Waals surface area contributed by atoms with Crippen LogP contribution in [0.4, 0.5) is 0 Å². The predicted octanol–water partition coefficient (Wildman–Crippen LogP) is 7.46. The fraction of sp³-hybridized carbons (Fsp3) is 0.0800. The third-order valence-electron chi connectivity index (χ3n) is 5.89. The molecule has 0 fully saturated rings. The van der Waals surface area contributed by atoms with Gasteiger partial charge in [-0.1, -0.05) is 42.0 Å². The van der Waals surface area contributed by atoms with Crippen molar-refractivity contribution in [3.63, 3.8) is 0 Å². The minimum atomic E-state index is 0.981. The second kappa shape index (κ2) is 6.54. The van der Waals surface area contributed by atoms with E-state index in [0.29, 0.717) is 0 Å². The first kappa shape index (κ1) is 17.9. The summed E-state index contributed by atoms with van der Waals surface area (Å²) >= 11 is 4.78. The molecule has 0 saturated heterocycles. The molecule has 4 heteroatoms. The molecule has 2 nitrogen and oxygen atoms in total. The van der Waals surface area contributed by atoms with Crippen LogP contribution in [0.15, 0.2) is 66.2 Å². The summed E-state index contributed by atoms with van der Waals surface area (Å²) in [5.74, 6) is 0.981. The van der Waals surface area contributed by atoms with Gasteiger partial charge in [-0.3, -0.25) is 0 Å². The second-order valence-electron chi connectivity index (χ2n) is 7.68. The van der Waals surface area contributed by atoms with Crippen molar-refractivity contribution >= 4 is 83.3 Å². The maximum atomic E-state index is 5.17. The highest BCUT2D eigenvalue weighted by Gasteiger charge is 2.23. The summed E-state index contributed by atoms with van der Waals surface area (Å²) in [6, 6.07) is 22.0. The Morgan fingerprint density at radius 3 is 2.31 bits per heavy atom. The third-order valence-corrected chi connectivity index (χ3v) is 7.23. The molecular weight excluding hydrogens is 582 g/mol. The van der Waals surface area contributed by atoms with Crippen LogP contribution in [0.5, 0.6) is 0 Å². The van der Waals surface area contributed by atoms with E-state index in [2.05, 4.69) is 118 Å². The van der Waals surface area contributed by atoms with E-state index in [4.69, 9.17) is 4.98 Å². The Bertz CT molecular complexity index is 1430. The highest BCUT2D eigenvalue weighted by molar-refractivity contribution is 14.1. The van der Waals surface area contributed by atoms with E-state index in [1.54, 1.807) is 0 Å². The highest BCUT2D eigenvalue weighted by atomic mass is 127. The zero-order valence-corrected chi connectivity index (χ0v) is 20.0. The van der Waals surface area contributed by atoms with E-state index >= 15 is 0 Å². The molecule has 0 radical (unpaired) electrons. The van der Waals surface area contributed by atoms with E-state index < -0.39 is 0 Å². The van der Waals surface area contributed by atoms with Gasteiger partial charge in [0.25, 0.3) is 0 Å². The first-order valence-electron chi connectivity index (χ1n) is 9.59. The van der Waals surface area contributed by atoms with Crippen molar-refractivity contribution in [3.05, 3.63) is 90.3 Å². The van der Waals surface area contributed by atoms with E-state index in [9.17, 15) is 0 Å². The van der Waals surface area contributed by atoms with Gasteiger partial charge in [-0.15, -0.1) is 0 Å². The average Bonchev–Trinajstić information content (AvgIpc) is 3.28. The molecule has 0 aliphatic heterocycles. The van der Waals surface area contributed by atoms with Gasteiger partial charge in [0.05, 0.1) is 11.0 Å². The molecule has 0 amide bonds. The zero-order chi connectivity index (χ0) is 19.7. The van der Waals surface area contributed by atoms with Crippen molar-refractivity contribution in [2.45, 2.75) is 13.3 Å². The number of H-pyrrole nitrogens is 1. The standard InChI is InChI=1S/C25H16I2N2/c1-13-10-14-4-2-3-5-17(14)22(13)25-28-23-20-11-15(26)6-8-18(20)19-9-7-16(27)12-21(19)24(23)29-25/h2-9,11-12H,10H2,1H3,(H,28,29). The largest absolute Gasteiger partial charge is 0.337 e. The number of hydrogen-bond donors (Lipinski definition) is 1. The smallest absolute Gasteiger partial charge is 0.139 e. The highest BCUT2D eigenvalue weighted by Crippen LogP contribution is 2.40. The molecule has 0 bridgehead atoms. The molecule has 5 aromatic rings. The Balaban J connectivity index is 1.75. The molecule has 1 aliphatic carbocycles. The van der Waals surface area contributed by atoms with Crippen LogP contribution in [-0.2, 0) is 6.42 Å². The summed E-state index contributed by atoms with van der Waals surface area (Å²) in [5.41, 5.74) is 7.53. The molecular formula is C25H16I2N2. The summed E-state index contributed by atoms with van der Waals surface area (Å²) in [5, 5.41) is 4.99. The zero-order valence-electron chi connectivity index (χ0n) is 15.7. The van der Waals surface area contributed by atoms with E-state index in [1.165, 1.54) is 51.0 Å². The van der Waals surface area contributed by atoms with Gasteiger partial charge in [0.1, 0.15) is 5.82 Å². The molecule has 1 N–H and O–H groups in total. The quantitative estimate of drug-likeness (QED) is 0.158. The molecule has 0 atom stereocenters. The van der Waals surface area contributed by atoms with Gasteiger partial charge in [-0.05, 0) is 105 Å². The first-order chi connectivity index (χ1) is 14.1. The number of aromatic amines is 1. The molecule has 1 aliphatic rings. The number of fused-ring (bicyclic) bond motifs is 7. The fourth-order valence-corrected chi connectivity index (χ4v) is 5.62. The lowest BCUT2D eigenvalue weighted by Crippen LogP contribution is -1.89. The normalized spacial score (nSPS) is 13.8. The van der Waals surface area contributed by atoms with Gasteiger partial charge in [-0.25, -0.2) is 4.98 Å². The van der Waals surface area contributed by atoms with Gasteiger partial charge >= 0.3 is 0 Å². The number of nitrogens with zero attached hydrogens (tertiary/aromatic N) is 1. The van der Waals surface area contributed by atoms with Crippen LogP contribution in [0.1, 0.15) is 23.9 Å². The van der Waals surface area contributed by atoms with Crippen LogP contribution in [-0.4, -0.2) is 9.97 Å². The summed E-state index contributed by atoms with van der Waals surface area (Å²) in [7, 11) is 0. The Kier molecular flexibility index (Phi) is 4.03. The number of halogens is 2. The van der Waals surface area contributed by atoms with Gasteiger partial charge in [0.2, 0.25) is 0 Å². The molecule has 0 saturated carbocycles. The number of rotatable bonds is 1. The van der Waals surface area contributed by atoms with Crippen LogP contribution >= 0.6 is 45.2 Å². The topological polar surface area (TPSA) is 28.7 Å². The monoisotopic (exact) mass is 598 g/mol. The minimum Gasteiger partial charge on any atom is -0.337 e. The van der Waals surface area contributed by atoms with Gasteiger partial charge in [-0.2, -0.15) is 0 Å². The fourth-order valence-electron chi connectivity index (χ4n) is 4.64. The maximum absolute atomic E-state index is 5.17. The van der Waals surface area contributed by atoms with Crippen LogP contribution < -0.4 is 0 Å². The maximum Gasteiger partial charge on any atom is 0.139 e. The number of imidazole rings is 1. The summed E-state index contributed by atoms with van der Waals surface area (Å²) in [4.78, 5) is 8.89. The van der Waals surface area contributed by atoms with Crippen LogP contribution in [0.2, 0.25) is 0 Å². The van der Waals surface area contributed by atoms with Crippen molar-refractivity contribution < 1.29 is 0 Å². The SMILES string of the molecule is CC1=C(c2nc3c4cc(I)ccc4c4ccc(I)cc4c3[nH]2)c2ccccc2C1. The summed E-state index contributed by atoms with van der Waals surface area (Å²) in [6.07, 6.45) is 1.000. The lowest BCUT2D eigenvalue weighted by Gasteiger charge is -2.07. The number of aromatic nitrogens is 2. The molecule has 1 heterocycles. The van der Waals surface area contributed by atoms with Crippen molar-refractivity contribution in [2.24, 2.45) is 0 Å². The number of nitrogens with one attached hydrogen (secondary N) is 1. The summed E-state index contributed by atoms with van der Waals surface area (Å²) < 4.78 is 2.46. The third kappa shape index (κ3) is 2.68. The summed E-state index contributed by atoms with van der Waals surface area (Å²) in [6.45, 7) is 2.23. The van der Waals surface area contributed by atoms with Gasteiger partial charge in [0.15, 0.2) is 0 Å². The van der Waals surface area contributed by atoms with Crippen LogP contribution in [0.3, 0.4) is 0 Å². The molecule has 6 rings (SSSR count). The predicted molar refractivity (Wildman–Crippen MR) is 138 cm³/mol. The lowest BCUT2D eigenvalue weighted by molar-refractivity contribution is 1.18. The molecule has 4 aromatic carbocycles. The van der Waals surface area contributed by atoms with E-state index in [-0.39, 0.29) is 0 Å². The Morgan fingerprint density at radius 2 is 1.52 bits per heavy atom. The van der Waals surface area contributed by atoms with Crippen molar-refractivity contribution in [2.75, 3.05) is 0 Å². The molecule has 140 valence electrons. The Morgan fingerprint density at radius 1 is 0.828 bits per heavy atom. The van der Waals surface area contributed by atoms with E-state index in [0.717, 1.165) is 23.3 Å². The lowest BCUT2D eigenvalue weighted by atomic mass is 10.0.